The Morgan fingerprint density at radius 3 is 2.00 bits per heavy atom. The summed E-state index contributed by atoms with van der Waals surface area (Å²) in [5.74, 6) is -0.251. The van der Waals surface area contributed by atoms with Crippen LogP contribution in [0.4, 0.5) is 0 Å². The number of carbonyl (C=O) groups excluding carboxylic acids is 1. The smallest absolute Gasteiger partial charge is 0.320 e. The highest BCUT2D eigenvalue weighted by Crippen LogP contribution is 2.21. The van der Waals surface area contributed by atoms with Crippen LogP contribution in [0.25, 0.3) is 0 Å². The van der Waals surface area contributed by atoms with Crippen LogP contribution in [0, 0.1) is 0 Å². The first kappa shape index (κ1) is 17.0. The van der Waals surface area contributed by atoms with Crippen molar-refractivity contribution in [3.05, 3.63) is 83.4 Å². The molecule has 0 aliphatic carbocycles. The Kier molecular flexibility index (Phi) is 6.57. The lowest BCUT2D eigenvalue weighted by atomic mass is 9.99. The number of nitrogens with one attached hydrogen (secondary N) is 1. The SMILES string of the molecule is CC(C)=CCOC(=O)CNC(c1ccccc1)c1ccccc1. The Balaban J connectivity index is 2.02. The van der Waals surface area contributed by atoms with Gasteiger partial charge in [0.25, 0.3) is 0 Å². The Morgan fingerprint density at radius 2 is 1.52 bits per heavy atom. The van der Waals surface area contributed by atoms with Gasteiger partial charge in [0.1, 0.15) is 6.61 Å². The van der Waals surface area contributed by atoms with E-state index in [1.54, 1.807) is 0 Å². The van der Waals surface area contributed by atoms with Crippen molar-refractivity contribution in [2.24, 2.45) is 0 Å². The molecular weight excluding hydrogens is 286 g/mol. The molecule has 0 saturated carbocycles. The van der Waals surface area contributed by atoms with Crippen molar-refractivity contribution in [2.45, 2.75) is 19.9 Å². The van der Waals surface area contributed by atoms with Gasteiger partial charge in [-0.15, -0.1) is 0 Å². The van der Waals surface area contributed by atoms with Crippen LogP contribution in [0.1, 0.15) is 31.0 Å². The third-order valence-electron chi connectivity index (χ3n) is 3.45. The molecule has 0 spiro atoms. The molecule has 2 aromatic rings. The summed E-state index contributed by atoms with van der Waals surface area (Å²) in [7, 11) is 0. The average molecular weight is 309 g/mol. The van der Waals surface area contributed by atoms with Crippen LogP contribution in [-0.4, -0.2) is 19.1 Å². The Bertz CT molecular complexity index is 592. The van der Waals surface area contributed by atoms with Gasteiger partial charge in [-0.1, -0.05) is 66.2 Å². The molecule has 0 fully saturated rings. The molecule has 1 N–H and O–H groups in total. The van der Waals surface area contributed by atoms with Gasteiger partial charge in [0, 0.05) is 0 Å². The van der Waals surface area contributed by atoms with Crippen LogP contribution >= 0.6 is 0 Å². The lowest BCUT2D eigenvalue weighted by molar-refractivity contribution is -0.141. The maximum Gasteiger partial charge on any atom is 0.320 e. The molecule has 23 heavy (non-hydrogen) atoms. The summed E-state index contributed by atoms with van der Waals surface area (Å²) in [6.07, 6.45) is 1.89. The molecule has 0 amide bonds. The number of allylic oxidation sites excluding steroid dienone is 1. The second kappa shape index (κ2) is 8.91. The van der Waals surface area contributed by atoms with Gasteiger partial charge in [-0.3, -0.25) is 10.1 Å². The molecule has 0 bridgehead atoms. The summed E-state index contributed by atoms with van der Waals surface area (Å²) >= 11 is 0. The second-order valence-corrected chi connectivity index (χ2v) is 5.60. The number of benzene rings is 2. The van der Waals surface area contributed by atoms with E-state index < -0.39 is 0 Å². The van der Waals surface area contributed by atoms with Crippen LogP contribution in [-0.2, 0) is 9.53 Å². The zero-order chi connectivity index (χ0) is 16.5. The van der Waals surface area contributed by atoms with Crippen molar-refractivity contribution in [3.63, 3.8) is 0 Å². The Hall–Kier alpha value is -2.39. The molecule has 0 aliphatic rings. The normalized spacial score (nSPS) is 10.4. The molecule has 2 rings (SSSR count). The molecule has 0 atom stereocenters. The van der Waals surface area contributed by atoms with Crippen LogP contribution in [0.5, 0.6) is 0 Å². The number of hydrogen-bond donors (Lipinski definition) is 1. The van der Waals surface area contributed by atoms with Gasteiger partial charge in [-0.05, 0) is 31.1 Å². The van der Waals surface area contributed by atoms with E-state index in [1.165, 1.54) is 0 Å². The predicted molar refractivity (Wildman–Crippen MR) is 93.1 cm³/mol. The maximum atomic E-state index is 11.9. The van der Waals surface area contributed by atoms with Gasteiger partial charge in [0.2, 0.25) is 0 Å². The van der Waals surface area contributed by atoms with E-state index in [0.717, 1.165) is 16.7 Å². The van der Waals surface area contributed by atoms with Gasteiger partial charge in [0.15, 0.2) is 0 Å². The Morgan fingerprint density at radius 1 is 1.00 bits per heavy atom. The second-order valence-electron chi connectivity index (χ2n) is 5.60. The largest absolute Gasteiger partial charge is 0.460 e. The van der Waals surface area contributed by atoms with Gasteiger partial charge in [-0.2, -0.15) is 0 Å². The number of rotatable bonds is 7. The van der Waals surface area contributed by atoms with Crippen molar-refractivity contribution < 1.29 is 9.53 Å². The van der Waals surface area contributed by atoms with E-state index >= 15 is 0 Å². The zero-order valence-electron chi connectivity index (χ0n) is 13.7. The average Bonchev–Trinajstić information content (AvgIpc) is 2.57. The van der Waals surface area contributed by atoms with Gasteiger partial charge < -0.3 is 4.74 Å². The molecular formula is C20H23NO2. The van der Waals surface area contributed by atoms with E-state index in [1.807, 2.05) is 56.3 Å². The van der Waals surface area contributed by atoms with Gasteiger partial charge in [0.05, 0.1) is 12.6 Å². The molecule has 0 unspecified atom stereocenters. The topological polar surface area (TPSA) is 38.3 Å². The molecule has 0 aromatic heterocycles. The molecule has 0 radical (unpaired) electrons. The number of ether oxygens (including phenoxy) is 1. The summed E-state index contributed by atoms with van der Waals surface area (Å²) in [4.78, 5) is 11.9. The summed E-state index contributed by atoms with van der Waals surface area (Å²) < 4.78 is 5.20. The number of carbonyl (C=O) groups is 1. The van der Waals surface area contributed by atoms with Crippen molar-refractivity contribution >= 4 is 5.97 Å². The lowest BCUT2D eigenvalue weighted by Crippen LogP contribution is -2.29. The molecule has 120 valence electrons. The summed E-state index contributed by atoms with van der Waals surface area (Å²) in [5, 5.41) is 3.29. The maximum absolute atomic E-state index is 11.9. The minimum Gasteiger partial charge on any atom is -0.460 e. The highest BCUT2D eigenvalue weighted by Gasteiger charge is 2.14. The van der Waals surface area contributed by atoms with Gasteiger partial charge >= 0.3 is 5.97 Å². The fraction of sp³-hybridized carbons (Fsp3) is 0.250. The molecule has 3 heteroatoms. The van der Waals surface area contributed by atoms with Crippen molar-refractivity contribution in [2.75, 3.05) is 13.2 Å². The van der Waals surface area contributed by atoms with Crippen LogP contribution in [0.15, 0.2) is 72.3 Å². The summed E-state index contributed by atoms with van der Waals surface area (Å²) in [5.41, 5.74) is 3.38. The molecule has 0 aliphatic heterocycles. The Labute approximate surface area is 138 Å². The predicted octanol–water partition coefficient (Wildman–Crippen LogP) is 3.88. The standard InChI is InChI=1S/C20H23NO2/c1-16(2)13-14-23-19(22)15-21-20(17-9-5-3-6-10-17)18-11-7-4-8-12-18/h3-13,20-21H,14-15H2,1-2H3. The summed E-state index contributed by atoms with van der Waals surface area (Å²) in [6.45, 7) is 4.45. The van der Waals surface area contributed by atoms with E-state index in [2.05, 4.69) is 29.6 Å². The minimum absolute atomic E-state index is 0.0339. The zero-order valence-corrected chi connectivity index (χ0v) is 13.7. The molecule has 3 nitrogen and oxygen atoms in total. The van der Waals surface area contributed by atoms with E-state index in [9.17, 15) is 4.79 Å². The molecule has 0 saturated heterocycles. The third kappa shape index (κ3) is 5.72. The fourth-order valence-electron chi connectivity index (χ4n) is 2.26. The monoisotopic (exact) mass is 309 g/mol. The van der Waals surface area contributed by atoms with E-state index in [-0.39, 0.29) is 18.6 Å². The van der Waals surface area contributed by atoms with Crippen LogP contribution < -0.4 is 5.32 Å². The van der Waals surface area contributed by atoms with Crippen LogP contribution in [0.2, 0.25) is 0 Å². The fourth-order valence-corrected chi connectivity index (χ4v) is 2.26. The van der Waals surface area contributed by atoms with Crippen molar-refractivity contribution in [3.8, 4) is 0 Å². The highest BCUT2D eigenvalue weighted by atomic mass is 16.5. The van der Waals surface area contributed by atoms with Crippen LogP contribution in [0.3, 0.4) is 0 Å². The number of hydrogen-bond acceptors (Lipinski definition) is 3. The quantitative estimate of drug-likeness (QED) is 0.623. The van der Waals surface area contributed by atoms with E-state index in [4.69, 9.17) is 4.74 Å². The third-order valence-corrected chi connectivity index (χ3v) is 3.45. The summed E-state index contributed by atoms with van der Waals surface area (Å²) in [6, 6.07) is 20.2. The number of esters is 1. The molecule has 2 aromatic carbocycles. The first-order valence-corrected chi connectivity index (χ1v) is 7.79. The van der Waals surface area contributed by atoms with Crippen molar-refractivity contribution in [1.82, 2.24) is 5.32 Å². The first-order chi connectivity index (χ1) is 11.2. The lowest BCUT2D eigenvalue weighted by Gasteiger charge is -2.19. The first-order valence-electron chi connectivity index (χ1n) is 7.79. The van der Waals surface area contributed by atoms with Gasteiger partial charge in [-0.25, -0.2) is 0 Å². The minimum atomic E-state index is -0.251. The highest BCUT2D eigenvalue weighted by molar-refractivity contribution is 5.71. The van der Waals surface area contributed by atoms with Crippen molar-refractivity contribution in [1.29, 1.82) is 0 Å². The van der Waals surface area contributed by atoms with E-state index in [0.29, 0.717) is 6.61 Å². The molecule has 0 heterocycles.